The summed E-state index contributed by atoms with van der Waals surface area (Å²) in [7, 11) is 0. The highest BCUT2D eigenvalue weighted by atomic mass is 15.2. The van der Waals surface area contributed by atoms with Gasteiger partial charge < -0.3 is 5.32 Å². The number of rotatable bonds is 5. The van der Waals surface area contributed by atoms with Crippen LogP contribution in [0.25, 0.3) is 0 Å². The highest BCUT2D eigenvalue weighted by Crippen LogP contribution is 2.22. The molecule has 0 aromatic heterocycles. The lowest BCUT2D eigenvalue weighted by Crippen LogP contribution is -2.37. The average Bonchev–Trinajstić information content (AvgIpc) is 2.86. The second-order valence-electron chi connectivity index (χ2n) is 7.00. The molecule has 112 valence electrons. The van der Waals surface area contributed by atoms with Crippen molar-refractivity contribution in [3.8, 4) is 0 Å². The van der Waals surface area contributed by atoms with Crippen LogP contribution in [0.15, 0.2) is 24.3 Å². The summed E-state index contributed by atoms with van der Waals surface area (Å²) in [5.74, 6) is 0. The lowest BCUT2D eigenvalue weighted by atomic mass is 9.87. The highest BCUT2D eigenvalue weighted by molar-refractivity contribution is 5.27. The van der Waals surface area contributed by atoms with Crippen LogP contribution in [0.5, 0.6) is 0 Å². The Bertz CT molecular complexity index is 402. The molecule has 0 bridgehead atoms. The third-order valence-electron chi connectivity index (χ3n) is 4.43. The third-order valence-corrected chi connectivity index (χ3v) is 4.43. The van der Waals surface area contributed by atoms with E-state index in [1.807, 2.05) is 0 Å². The molecule has 1 aliphatic heterocycles. The van der Waals surface area contributed by atoms with Crippen LogP contribution in [0.2, 0.25) is 0 Å². The van der Waals surface area contributed by atoms with Gasteiger partial charge in [0.1, 0.15) is 0 Å². The summed E-state index contributed by atoms with van der Waals surface area (Å²) in [6, 6.07) is 9.81. The van der Waals surface area contributed by atoms with Gasteiger partial charge in [-0.25, -0.2) is 0 Å². The number of benzene rings is 1. The summed E-state index contributed by atoms with van der Waals surface area (Å²) < 4.78 is 0. The van der Waals surface area contributed by atoms with E-state index in [1.54, 1.807) is 0 Å². The van der Waals surface area contributed by atoms with Gasteiger partial charge in [-0.1, -0.05) is 52.0 Å². The van der Waals surface area contributed by atoms with E-state index in [0.717, 1.165) is 19.1 Å². The molecule has 1 aromatic rings. The molecule has 1 heterocycles. The minimum atomic E-state index is 0.247. The Kier molecular flexibility index (Phi) is 5.22. The van der Waals surface area contributed by atoms with Gasteiger partial charge in [0.25, 0.3) is 0 Å². The highest BCUT2D eigenvalue weighted by Gasteiger charge is 2.22. The molecular weight excluding hydrogens is 244 g/mol. The lowest BCUT2D eigenvalue weighted by molar-refractivity contribution is 0.260. The van der Waals surface area contributed by atoms with Gasteiger partial charge in [0.2, 0.25) is 0 Å². The van der Waals surface area contributed by atoms with Gasteiger partial charge in [0.15, 0.2) is 0 Å². The summed E-state index contributed by atoms with van der Waals surface area (Å²) >= 11 is 0. The molecule has 20 heavy (non-hydrogen) atoms. The van der Waals surface area contributed by atoms with E-state index in [4.69, 9.17) is 0 Å². The van der Waals surface area contributed by atoms with E-state index >= 15 is 0 Å². The van der Waals surface area contributed by atoms with Gasteiger partial charge in [-0.3, -0.25) is 4.90 Å². The van der Waals surface area contributed by atoms with Crippen molar-refractivity contribution in [2.75, 3.05) is 19.6 Å². The maximum Gasteiger partial charge on any atom is 0.0221 e. The van der Waals surface area contributed by atoms with Crippen molar-refractivity contribution in [1.29, 1.82) is 0 Å². The van der Waals surface area contributed by atoms with E-state index in [2.05, 4.69) is 62.2 Å². The fourth-order valence-electron chi connectivity index (χ4n) is 3.05. The number of likely N-dealkylation sites (tertiary alicyclic amines) is 1. The molecule has 1 N–H and O–H groups in total. The van der Waals surface area contributed by atoms with Crippen molar-refractivity contribution in [1.82, 2.24) is 10.2 Å². The zero-order valence-electron chi connectivity index (χ0n) is 13.6. The molecule has 2 rings (SSSR count). The van der Waals surface area contributed by atoms with Gasteiger partial charge in [-0.05, 0) is 42.5 Å². The number of hydrogen-bond donors (Lipinski definition) is 1. The molecule has 0 amide bonds. The van der Waals surface area contributed by atoms with Crippen LogP contribution in [0, 0.1) is 0 Å². The Morgan fingerprint density at radius 3 is 2.50 bits per heavy atom. The minimum Gasteiger partial charge on any atom is -0.311 e. The SMILES string of the molecule is CCN1CCCC1CNCc1ccc(C(C)(C)C)cc1. The van der Waals surface area contributed by atoms with E-state index in [-0.39, 0.29) is 5.41 Å². The molecule has 2 heteroatoms. The predicted molar refractivity (Wildman–Crippen MR) is 87.1 cm³/mol. The van der Waals surface area contributed by atoms with Crippen LogP contribution in [0.1, 0.15) is 51.7 Å². The van der Waals surface area contributed by atoms with Crippen LogP contribution in [-0.4, -0.2) is 30.6 Å². The van der Waals surface area contributed by atoms with Gasteiger partial charge in [-0.15, -0.1) is 0 Å². The second-order valence-corrected chi connectivity index (χ2v) is 7.00. The maximum absolute atomic E-state index is 3.62. The van der Waals surface area contributed by atoms with Crippen molar-refractivity contribution in [2.45, 2.75) is 58.5 Å². The first-order valence-electron chi connectivity index (χ1n) is 8.05. The van der Waals surface area contributed by atoms with Crippen LogP contribution >= 0.6 is 0 Å². The van der Waals surface area contributed by atoms with Crippen molar-refractivity contribution < 1.29 is 0 Å². The molecule has 1 saturated heterocycles. The monoisotopic (exact) mass is 274 g/mol. The first kappa shape index (κ1) is 15.5. The van der Waals surface area contributed by atoms with Gasteiger partial charge >= 0.3 is 0 Å². The molecule has 1 atom stereocenters. The average molecular weight is 274 g/mol. The smallest absolute Gasteiger partial charge is 0.0221 e. The Morgan fingerprint density at radius 2 is 1.90 bits per heavy atom. The molecule has 0 spiro atoms. The normalized spacial score (nSPS) is 20.5. The quantitative estimate of drug-likeness (QED) is 0.883. The van der Waals surface area contributed by atoms with Crippen molar-refractivity contribution in [2.24, 2.45) is 0 Å². The van der Waals surface area contributed by atoms with Crippen LogP contribution < -0.4 is 5.32 Å². The standard InChI is InChI=1S/C18H30N2/c1-5-20-12-6-7-17(20)14-19-13-15-8-10-16(11-9-15)18(2,3)4/h8-11,17,19H,5-7,12-14H2,1-4H3. The Labute approximate surface area is 124 Å². The topological polar surface area (TPSA) is 15.3 Å². The fourth-order valence-corrected chi connectivity index (χ4v) is 3.05. The van der Waals surface area contributed by atoms with Crippen molar-refractivity contribution in [3.63, 3.8) is 0 Å². The molecule has 0 aliphatic carbocycles. The largest absolute Gasteiger partial charge is 0.311 e. The van der Waals surface area contributed by atoms with Gasteiger partial charge in [0.05, 0.1) is 0 Å². The molecule has 1 fully saturated rings. The van der Waals surface area contributed by atoms with Crippen molar-refractivity contribution in [3.05, 3.63) is 35.4 Å². The number of hydrogen-bond acceptors (Lipinski definition) is 2. The molecule has 1 aliphatic rings. The zero-order valence-corrected chi connectivity index (χ0v) is 13.6. The van der Waals surface area contributed by atoms with Crippen molar-refractivity contribution >= 4 is 0 Å². The maximum atomic E-state index is 3.62. The zero-order chi connectivity index (χ0) is 14.6. The Balaban J connectivity index is 1.80. The Hall–Kier alpha value is -0.860. The summed E-state index contributed by atoms with van der Waals surface area (Å²) in [4.78, 5) is 2.59. The molecule has 2 nitrogen and oxygen atoms in total. The molecule has 1 aromatic carbocycles. The third kappa shape index (κ3) is 4.07. The molecule has 0 saturated carbocycles. The van der Waals surface area contributed by atoms with Gasteiger partial charge in [0, 0.05) is 19.1 Å². The summed E-state index contributed by atoms with van der Waals surface area (Å²) in [5, 5.41) is 3.62. The second kappa shape index (κ2) is 6.73. The van der Waals surface area contributed by atoms with E-state index < -0.39 is 0 Å². The lowest BCUT2D eigenvalue weighted by Gasteiger charge is -2.23. The summed E-state index contributed by atoms with van der Waals surface area (Å²) in [6.07, 6.45) is 2.71. The van der Waals surface area contributed by atoms with Gasteiger partial charge in [-0.2, -0.15) is 0 Å². The number of nitrogens with zero attached hydrogens (tertiary/aromatic N) is 1. The van der Waals surface area contributed by atoms with E-state index in [9.17, 15) is 0 Å². The summed E-state index contributed by atoms with van der Waals surface area (Å²) in [6.45, 7) is 13.6. The van der Waals surface area contributed by atoms with E-state index in [1.165, 1.54) is 37.1 Å². The molecular formula is C18H30N2. The van der Waals surface area contributed by atoms with Crippen LogP contribution in [0.4, 0.5) is 0 Å². The summed E-state index contributed by atoms with van der Waals surface area (Å²) in [5.41, 5.74) is 3.05. The number of likely N-dealkylation sites (N-methyl/N-ethyl adjacent to an activating group) is 1. The molecule has 0 radical (unpaired) electrons. The predicted octanol–water partition coefficient (Wildman–Crippen LogP) is 3.56. The first-order valence-corrected chi connectivity index (χ1v) is 8.05. The minimum absolute atomic E-state index is 0.247. The number of nitrogens with one attached hydrogen (secondary N) is 1. The van der Waals surface area contributed by atoms with E-state index in [0.29, 0.717) is 0 Å². The fraction of sp³-hybridized carbons (Fsp3) is 0.667. The van der Waals surface area contributed by atoms with Crippen LogP contribution in [-0.2, 0) is 12.0 Å². The Morgan fingerprint density at radius 1 is 1.20 bits per heavy atom. The van der Waals surface area contributed by atoms with Crippen LogP contribution in [0.3, 0.4) is 0 Å². The first-order chi connectivity index (χ1) is 9.50. The molecule has 1 unspecified atom stereocenters.